The second-order valence-electron chi connectivity index (χ2n) is 6.23. The van der Waals surface area contributed by atoms with E-state index in [0.717, 1.165) is 22.9 Å². The highest BCUT2D eigenvalue weighted by atomic mass is 35.5. The Morgan fingerprint density at radius 1 is 1.17 bits per heavy atom. The van der Waals surface area contributed by atoms with Gasteiger partial charge in [-0.25, -0.2) is 0 Å². The lowest BCUT2D eigenvalue weighted by molar-refractivity contribution is -0.127. The molecule has 0 unspecified atom stereocenters. The average molecular weight is 450 g/mol. The van der Waals surface area contributed by atoms with Gasteiger partial charge in [0.25, 0.3) is 5.24 Å². The minimum atomic E-state index is -0.534. The molecule has 8 heteroatoms. The van der Waals surface area contributed by atoms with Crippen molar-refractivity contribution in [2.24, 2.45) is 0 Å². The molecule has 0 aromatic heterocycles. The number of imide groups is 1. The second kappa shape index (κ2) is 9.45. The van der Waals surface area contributed by atoms with Crippen molar-refractivity contribution in [2.75, 3.05) is 13.7 Å². The van der Waals surface area contributed by atoms with Crippen LogP contribution in [0.25, 0.3) is 0 Å². The average Bonchev–Trinajstić information content (AvgIpc) is 2.95. The van der Waals surface area contributed by atoms with Crippen molar-refractivity contribution in [3.05, 3.63) is 57.6 Å². The van der Waals surface area contributed by atoms with Gasteiger partial charge in [-0.3, -0.25) is 14.5 Å². The molecule has 0 bridgehead atoms. The minimum absolute atomic E-state index is 0.0561. The molecule has 2 aromatic rings. The first kappa shape index (κ1) is 21.4. The molecule has 1 aliphatic rings. The third-order valence-corrected chi connectivity index (χ3v) is 5.88. The van der Waals surface area contributed by atoms with Gasteiger partial charge in [0.15, 0.2) is 11.5 Å². The first-order valence-corrected chi connectivity index (χ1v) is 10.3. The standard InChI is InChI=1S/C21H17Cl2NO4S/c1-3-8-28-19-16(23)9-14(10-17(19)27-2)11-18-20(25)24(21(26)29-18)12-13-4-6-15(22)7-5-13/h1,4-7,9-10,18H,8,11-12H2,2H3/t18-/m1/s1. The Labute approximate surface area is 183 Å². The maximum atomic E-state index is 12.8. The molecule has 0 spiro atoms. The number of amides is 2. The van der Waals surface area contributed by atoms with E-state index in [-0.39, 0.29) is 24.3 Å². The quantitative estimate of drug-likeness (QED) is 0.567. The Morgan fingerprint density at radius 2 is 1.90 bits per heavy atom. The summed E-state index contributed by atoms with van der Waals surface area (Å²) in [7, 11) is 1.49. The van der Waals surface area contributed by atoms with Crippen LogP contribution in [-0.2, 0) is 17.8 Å². The summed E-state index contributed by atoms with van der Waals surface area (Å²) in [6, 6.07) is 10.5. The maximum Gasteiger partial charge on any atom is 0.289 e. The molecule has 1 fully saturated rings. The predicted octanol–water partition coefficient (Wildman–Crippen LogP) is 4.82. The summed E-state index contributed by atoms with van der Waals surface area (Å²) in [5, 5.41) is 0.116. The van der Waals surface area contributed by atoms with Gasteiger partial charge in [-0.1, -0.05) is 53.0 Å². The third kappa shape index (κ3) is 4.99. The summed E-state index contributed by atoms with van der Waals surface area (Å²) in [4.78, 5) is 26.4. The van der Waals surface area contributed by atoms with Crippen LogP contribution in [0.15, 0.2) is 36.4 Å². The van der Waals surface area contributed by atoms with Crippen LogP contribution in [0, 0.1) is 12.3 Å². The number of hydrogen-bond donors (Lipinski definition) is 0. The molecule has 150 valence electrons. The Bertz CT molecular complexity index is 972. The van der Waals surface area contributed by atoms with E-state index in [0.29, 0.717) is 28.0 Å². The predicted molar refractivity (Wildman–Crippen MR) is 115 cm³/mol. The molecule has 3 rings (SSSR count). The van der Waals surface area contributed by atoms with Gasteiger partial charge < -0.3 is 9.47 Å². The highest BCUT2D eigenvalue weighted by Crippen LogP contribution is 2.38. The topological polar surface area (TPSA) is 55.8 Å². The van der Waals surface area contributed by atoms with Crippen molar-refractivity contribution in [1.82, 2.24) is 4.90 Å². The molecule has 0 N–H and O–H groups in total. The van der Waals surface area contributed by atoms with Crippen LogP contribution in [0.4, 0.5) is 4.79 Å². The number of halogens is 2. The molecule has 0 radical (unpaired) electrons. The zero-order valence-electron chi connectivity index (χ0n) is 15.5. The Kier molecular flexibility index (Phi) is 6.96. The maximum absolute atomic E-state index is 12.8. The van der Waals surface area contributed by atoms with Crippen LogP contribution in [-0.4, -0.2) is 35.0 Å². The summed E-state index contributed by atoms with van der Waals surface area (Å²) in [5.41, 5.74) is 1.59. The van der Waals surface area contributed by atoms with E-state index in [9.17, 15) is 9.59 Å². The van der Waals surface area contributed by atoms with Crippen LogP contribution < -0.4 is 9.47 Å². The van der Waals surface area contributed by atoms with Crippen molar-refractivity contribution < 1.29 is 19.1 Å². The van der Waals surface area contributed by atoms with Crippen molar-refractivity contribution in [3.8, 4) is 23.8 Å². The molecule has 2 aromatic carbocycles. The van der Waals surface area contributed by atoms with Crippen molar-refractivity contribution in [2.45, 2.75) is 18.2 Å². The largest absolute Gasteiger partial charge is 0.493 e. The van der Waals surface area contributed by atoms with Crippen molar-refractivity contribution in [1.29, 1.82) is 0 Å². The highest BCUT2D eigenvalue weighted by molar-refractivity contribution is 8.15. The molecule has 29 heavy (non-hydrogen) atoms. The molecule has 1 saturated heterocycles. The number of ether oxygens (including phenoxy) is 2. The van der Waals surface area contributed by atoms with Crippen molar-refractivity contribution in [3.63, 3.8) is 0 Å². The van der Waals surface area contributed by atoms with Crippen LogP contribution in [0.1, 0.15) is 11.1 Å². The second-order valence-corrected chi connectivity index (χ2v) is 8.23. The van der Waals surface area contributed by atoms with Crippen LogP contribution in [0.2, 0.25) is 10.0 Å². The molecular weight excluding hydrogens is 433 g/mol. The van der Waals surface area contributed by atoms with Gasteiger partial charge in [0, 0.05) is 5.02 Å². The van der Waals surface area contributed by atoms with Gasteiger partial charge in [0.1, 0.15) is 6.61 Å². The zero-order valence-corrected chi connectivity index (χ0v) is 17.8. The van der Waals surface area contributed by atoms with E-state index >= 15 is 0 Å². The third-order valence-electron chi connectivity index (χ3n) is 4.27. The van der Waals surface area contributed by atoms with Crippen LogP contribution in [0.5, 0.6) is 11.5 Å². The van der Waals surface area contributed by atoms with Gasteiger partial charge in [0.2, 0.25) is 5.91 Å². The van der Waals surface area contributed by atoms with Gasteiger partial charge in [-0.15, -0.1) is 6.42 Å². The Balaban J connectivity index is 1.74. The SMILES string of the molecule is C#CCOc1c(Cl)cc(C[C@H]2SC(=O)N(Cc3ccc(Cl)cc3)C2=O)cc1OC. The number of benzene rings is 2. The number of carbonyl (C=O) groups is 2. The van der Waals surface area contributed by atoms with E-state index in [1.54, 1.807) is 36.4 Å². The summed E-state index contributed by atoms with van der Waals surface area (Å²) in [6.45, 7) is 0.266. The first-order chi connectivity index (χ1) is 13.9. The number of methoxy groups -OCH3 is 1. The Hall–Kier alpha value is -2.33. The van der Waals surface area contributed by atoms with E-state index in [2.05, 4.69) is 5.92 Å². The molecule has 1 heterocycles. The van der Waals surface area contributed by atoms with Crippen LogP contribution >= 0.6 is 35.0 Å². The van der Waals surface area contributed by atoms with Crippen LogP contribution in [0.3, 0.4) is 0 Å². The number of hydrogen-bond acceptors (Lipinski definition) is 5. The molecule has 0 saturated carbocycles. The van der Waals surface area contributed by atoms with E-state index in [4.69, 9.17) is 39.1 Å². The fourth-order valence-corrected chi connectivity index (χ4v) is 4.35. The first-order valence-electron chi connectivity index (χ1n) is 8.62. The number of thioether (sulfide) groups is 1. The molecule has 2 amide bonds. The molecule has 5 nitrogen and oxygen atoms in total. The lowest BCUT2D eigenvalue weighted by Gasteiger charge is -2.15. The molecular formula is C21H17Cl2NO4S. The lowest BCUT2D eigenvalue weighted by Crippen LogP contribution is -2.31. The van der Waals surface area contributed by atoms with Gasteiger partial charge in [-0.05, 0) is 41.8 Å². The smallest absolute Gasteiger partial charge is 0.289 e. The summed E-state index contributed by atoms with van der Waals surface area (Å²) in [6.07, 6.45) is 5.55. The number of terminal acetylenes is 1. The normalized spacial score (nSPS) is 16.1. The van der Waals surface area contributed by atoms with Gasteiger partial charge in [0.05, 0.1) is 23.9 Å². The Morgan fingerprint density at radius 3 is 2.55 bits per heavy atom. The zero-order chi connectivity index (χ0) is 21.0. The number of rotatable bonds is 7. The number of nitrogens with zero attached hydrogens (tertiary/aromatic N) is 1. The monoisotopic (exact) mass is 449 g/mol. The van der Waals surface area contributed by atoms with E-state index in [1.807, 2.05) is 0 Å². The van der Waals surface area contributed by atoms with Gasteiger partial charge >= 0.3 is 0 Å². The van der Waals surface area contributed by atoms with Gasteiger partial charge in [-0.2, -0.15) is 0 Å². The molecule has 1 atom stereocenters. The van der Waals surface area contributed by atoms with Crippen molar-refractivity contribution >= 4 is 46.1 Å². The minimum Gasteiger partial charge on any atom is -0.493 e. The summed E-state index contributed by atoms with van der Waals surface area (Å²) >= 11 is 13.2. The lowest BCUT2D eigenvalue weighted by atomic mass is 10.1. The summed E-state index contributed by atoms with van der Waals surface area (Å²) in [5.74, 6) is 2.90. The fraction of sp³-hybridized carbons (Fsp3) is 0.238. The summed E-state index contributed by atoms with van der Waals surface area (Å²) < 4.78 is 10.8. The fourth-order valence-electron chi connectivity index (χ4n) is 2.90. The van der Waals surface area contributed by atoms with E-state index in [1.165, 1.54) is 12.0 Å². The highest BCUT2D eigenvalue weighted by Gasteiger charge is 2.39. The number of carbonyl (C=O) groups excluding carboxylic acids is 2. The van der Waals surface area contributed by atoms with E-state index < -0.39 is 5.25 Å². The molecule has 0 aliphatic carbocycles. The molecule has 1 aliphatic heterocycles.